The first-order chi connectivity index (χ1) is 12.8. The lowest BCUT2D eigenvalue weighted by molar-refractivity contribution is -0.134. The SMILES string of the molecule is Cc1ccc2c(c1)CCN(C(=O)CCS(=O)(=O)N1CCOCC1)C2C(C)C. The number of morpholine rings is 1. The summed E-state index contributed by atoms with van der Waals surface area (Å²) in [6.07, 6.45) is 0.853. The Bertz CT molecular complexity index is 785. The highest BCUT2D eigenvalue weighted by atomic mass is 32.2. The number of fused-ring (bicyclic) bond motifs is 1. The lowest BCUT2D eigenvalue weighted by atomic mass is 9.85. The monoisotopic (exact) mass is 394 g/mol. The first-order valence-corrected chi connectivity index (χ1v) is 11.3. The van der Waals surface area contributed by atoms with E-state index in [2.05, 4.69) is 39.0 Å². The summed E-state index contributed by atoms with van der Waals surface area (Å²) in [6, 6.07) is 6.42. The predicted octanol–water partition coefficient (Wildman–Crippen LogP) is 2.13. The van der Waals surface area contributed by atoms with Gasteiger partial charge < -0.3 is 9.64 Å². The maximum absolute atomic E-state index is 12.9. The molecule has 0 bridgehead atoms. The summed E-state index contributed by atoms with van der Waals surface area (Å²) in [4.78, 5) is 14.8. The molecule has 0 radical (unpaired) electrons. The largest absolute Gasteiger partial charge is 0.379 e. The van der Waals surface area contributed by atoms with E-state index in [4.69, 9.17) is 4.74 Å². The predicted molar refractivity (Wildman–Crippen MR) is 105 cm³/mol. The maximum Gasteiger partial charge on any atom is 0.224 e. The molecular weight excluding hydrogens is 364 g/mol. The second-order valence-electron chi connectivity index (χ2n) is 7.81. The van der Waals surface area contributed by atoms with Crippen LogP contribution in [0.4, 0.5) is 0 Å². The van der Waals surface area contributed by atoms with Crippen molar-refractivity contribution >= 4 is 15.9 Å². The van der Waals surface area contributed by atoms with Gasteiger partial charge in [-0.05, 0) is 30.4 Å². The van der Waals surface area contributed by atoms with Gasteiger partial charge >= 0.3 is 0 Å². The molecule has 0 spiro atoms. The molecule has 7 heteroatoms. The average Bonchev–Trinajstić information content (AvgIpc) is 2.65. The fraction of sp³-hybridized carbons (Fsp3) is 0.650. The Balaban J connectivity index is 1.71. The van der Waals surface area contributed by atoms with Gasteiger partial charge in [-0.3, -0.25) is 4.79 Å². The lowest BCUT2D eigenvalue weighted by Crippen LogP contribution is -2.45. The second kappa shape index (κ2) is 8.29. The first kappa shape index (κ1) is 20.3. The summed E-state index contributed by atoms with van der Waals surface area (Å²) in [5.41, 5.74) is 3.73. The van der Waals surface area contributed by atoms with E-state index in [1.807, 2.05) is 4.90 Å². The normalized spacial score (nSPS) is 21.3. The molecule has 1 amide bonds. The molecule has 2 heterocycles. The number of benzene rings is 1. The molecule has 1 fully saturated rings. The van der Waals surface area contributed by atoms with Crippen molar-refractivity contribution in [2.45, 2.75) is 39.7 Å². The number of carbonyl (C=O) groups excluding carboxylic acids is 1. The molecule has 1 aromatic carbocycles. The number of hydrogen-bond donors (Lipinski definition) is 0. The van der Waals surface area contributed by atoms with E-state index in [-0.39, 0.29) is 30.0 Å². The van der Waals surface area contributed by atoms with E-state index in [0.29, 0.717) is 32.8 Å². The Labute approximate surface area is 162 Å². The minimum absolute atomic E-state index is 0.00735. The van der Waals surface area contributed by atoms with Crippen molar-refractivity contribution in [3.8, 4) is 0 Å². The molecule has 150 valence electrons. The highest BCUT2D eigenvalue weighted by Gasteiger charge is 2.34. The zero-order valence-electron chi connectivity index (χ0n) is 16.5. The molecule has 1 saturated heterocycles. The van der Waals surface area contributed by atoms with E-state index in [1.54, 1.807) is 0 Å². The molecule has 0 N–H and O–H groups in total. The van der Waals surface area contributed by atoms with Gasteiger partial charge in [0.2, 0.25) is 15.9 Å². The Morgan fingerprint density at radius 3 is 2.59 bits per heavy atom. The zero-order chi connectivity index (χ0) is 19.6. The van der Waals surface area contributed by atoms with Crippen LogP contribution < -0.4 is 0 Å². The Kier molecular flexibility index (Phi) is 6.23. The smallest absolute Gasteiger partial charge is 0.224 e. The number of nitrogens with zero attached hydrogens (tertiary/aromatic N) is 2. The van der Waals surface area contributed by atoms with Crippen molar-refractivity contribution in [2.24, 2.45) is 5.92 Å². The highest BCUT2D eigenvalue weighted by molar-refractivity contribution is 7.89. The molecule has 1 atom stereocenters. The summed E-state index contributed by atoms with van der Waals surface area (Å²) >= 11 is 0. The number of rotatable bonds is 5. The summed E-state index contributed by atoms with van der Waals surface area (Å²) in [6.45, 7) is 8.56. The van der Waals surface area contributed by atoms with Crippen LogP contribution in [-0.4, -0.2) is 62.1 Å². The average molecular weight is 395 g/mol. The van der Waals surface area contributed by atoms with Crippen molar-refractivity contribution in [1.82, 2.24) is 9.21 Å². The second-order valence-corrected chi connectivity index (χ2v) is 9.89. The molecule has 27 heavy (non-hydrogen) atoms. The van der Waals surface area contributed by atoms with Crippen LogP contribution in [0.2, 0.25) is 0 Å². The molecule has 2 aliphatic heterocycles. The Morgan fingerprint density at radius 2 is 1.93 bits per heavy atom. The van der Waals surface area contributed by atoms with E-state index >= 15 is 0 Å². The van der Waals surface area contributed by atoms with Crippen molar-refractivity contribution in [3.63, 3.8) is 0 Å². The summed E-state index contributed by atoms with van der Waals surface area (Å²) in [7, 11) is -3.42. The van der Waals surface area contributed by atoms with Crippen LogP contribution in [0.25, 0.3) is 0 Å². The topological polar surface area (TPSA) is 66.9 Å². The number of carbonyl (C=O) groups is 1. The van der Waals surface area contributed by atoms with Crippen molar-refractivity contribution in [1.29, 1.82) is 0 Å². The van der Waals surface area contributed by atoms with E-state index in [1.165, 1.54) is 21.0 Å². The highest BCUT2D eigenvalue weighted by Crippen LogP contribution is 2.36. The standard InChI is InChI=1S/C20H30N2O4S/c1-15(2)20-18-5-4-16(3)14-17(18)6-8-22(20)19(23)7-13-27(24,25)21-9-11-26-12-10-21/h4-5,14-15,20H,6-13H2,1-3H3. The fourth-order valence-corrected chi connectivity index (χ4v) is 5.50. The van der Waals surface area contributed by atoms with Crippen LogP contribution in [-0.2, 0) is 26.0 Å². The van der Waals surface area contributed by atoms with Gasteiger partial charge in [0.1, 0.15) is 0 Å². The summed E-state index contributed by atoms with van der Waals surface area (Å²) in [5.74, 6) is 0.0665. The van der Waals surface area contributed by atoms with Crippen LogP contribution in [0.1, 0.15) is 43.0 Å². The maximum atomic E-state index is 12.9. The van der Waals surface area contributed by atoms with Gasteiger partial charge in [-0.2, -0.15) is 4.31 Å². The van der Waals surface area contributed by atoms with Gasteiger partial charge in [0.05, 0.1) is 25.0 Å². The summed E-state index contributed by atoms with van der Waals surface area (Å²) in [5, 5.41) is 0. The van der Waals surface area contributed by atoms with Gasteiger partial charge in [0.25, 0.3) is 0 Å². The Morgan fingerprint density at radius 1 is 1.22 bits per heavy atom. The molecule has 0 aliphatic carbocycles. The van der Waals surface area contributed by atoms with Gasteiger partial charge in [-0.15, -0.1) is 0 Å². The molecular formula is C20H30N2O4S. The number of aryl methyl sites for hydroxylation is 1. The van der Waals surface area contributed by atoms with Crippen LogP contribution >= 0.6 is 0 Å². The van der Waals surface area contributed by atoms with Gasteiger partial charge in [-0.25, -0.2) is 8.42 Å². The molecule has 1 unspecified atom stereocenters. The number of ether oxygens (including phenoxy) is 1. The lowest BCUT2D eigenvalue weighted by Gasteiger charge is -2.40. The molecule has 0 aromatic heterocycles. The van der Waals surface area contributed by atoms with Crippen molar-refractivity contribution in [2.75, 3.05) is 38.6 Å². The van der Waals surface area contributed by atoms with Crippen LogP contribution in [0.3, 0.4) is 0 Å². The molecule has 0 saturated carbocycles. The molecule has 6 nitrogen and oxygen atoms in total. The Hall–Kier alpha value is -1.44. The van der Waals surface area contributed by atoms with Crippen molar-refractivity contribution in [3.05, 3.63) is 34.9 Å². The van der Waals surface area contributed by atoms with Crippen molar-refractivity contribution < 1.29 is 17.9 Å². The molecule has 3 rings (SSSR count). The van der Waals surface area contributed by atoms with Gasteiger partial charge in [-0.1, -0.05) is 37.6 Å². The van der Waals surface area contributed by atoms with Crippen LogP contribution in [0, 0.1) is 12.8 Å². The summed E-state index contributed by atoms with van der Waals surface area (Å²) < 4.78 is 31.7. The molecule has 1 aromatic rings. The third kappa shape index (κ3) is 4.52. The van der Waals surface area contributed by atoms with E-state index < -0.39 is 10.0 Å². The van der Waals surface area contributed by atoms with Gasteiger partial charge in [0, 0.05) is 26.1 Å². The van der Waals surface area contributed by atoms with Crippen LogP contribution in [0.15, 0.2) is 18.2 Å². The molecule has 2 aliphatic rings. The van der Waals surface area contributed by atoms with E-state index in [0.717, 1.165) is 6.42 Å². The minimum Gasteiger partial charge on any atom is -0.379 e. The zero-order valence-corrected chi connectivity index (χ0v) is 17.3. The quantitative estimate of drug-likeness (QED) is 0.767. The van der Waals surface area contributed by atoms with Crippen LogP contribution in [0.5, 0.6) is 0 Å². The fourth-order valence-electron chi connectivity index (χ4n) is 4.10. The minimum atomic E-state index is -3.42. The third-order valence-electron chi connectivity index (χ3n) is 5.46. The number of sulfonamides is 1. The first-order valence-electron chi connectivity index (χ1n) is 9.74. The number of hydrogen-bond acceptors (Lipinski definition) is 4. The van der Waals surface area contributed by atoms with Gasteiger partial charge in [0.15, 0.2) is 0 Å². The van der Waals surface area contributed by atoms with E-state index in [9.17, 15) is 13.2 Å². The number of amides is 1. The third-order valence-corrected chi connectivity index (χ3v) is 7.34.